The summed E-state index contributed by atoms with van der Waals surface area (Å²) >= 11 is 6.11. The summed E-state index contributed by atoms with van der Waals surface area (Å²) in [6.07, 6.45) is 3.22. The molecule has 4 rings (SSSR count). The molecule has 0 unspecified atom stereocenters. The molecule has 0 saturated heterocycles. The molecule has 96 valence electrons. The van der Waals surface area contributed by atoms with E-state index in [2.05, 4.69) is 15.0 Å². The van der Waals surface area contributed by atoms with Crippen LogP contribution in [-0.4, -0.2) is 15.0 Å². The molecule has 0 fully saturated rings. The molecule has 0 amide bonds. The van der Waals surface area contributed by atoms with Gasteiger partial charge in [0.1, 0.15) is 16.2 Å². The molecule has 0 spiro atoms. The highest BCUT2D eigenvalue weighted by Crippen LogP contribution is 2.33. The van der Waals surface area contributed by atoms with Gasteiger partial charge in [0.25, 0.3) is 0 Å². The second-order valence-corrected chi connectivity index (χ2v) is 4.64. The number of halogens is 1. The minimum Gasteiger partial charge on any atom is -0.449 e. The van der Waals surface area contributed by atoms with Crippen molar-refractivity contribution in [2.24, 2.45) is 0 Å². The van der Waals surface area contributed by atoms with E-state index in [1.807, 2.05) is 0 Å². The number of benzene rings is 1. The van der Waals surface area contributed by atoms with E-state index >= 15 is 0 Å². The second kappa shape index (κ2) is 3.98. The van der Waals surface area contributed by atoms with Gasteiger partial charge in [0.2, 0.25) is 5.43 Å². The highest BCUT2D eigenvalue weighted by atomic mass is 35.5. The fourth-order valence-electron chi connectivity index (χ4n) is 2.17. The number of rotatable bonds is 0. The average molecular weight is 284 g/mol. The first kappa shape index (κ1) is 11.3. The molecule has 3 heterocycles. The zero-order valence-electron chi connectivity index (χ0n) is 10.0. The maximum absolute atomic E-state index is 12.2. The summed E-state index contributed by atoms with van der Waals surface area (Å²) in [5.41, 5.74) is 1.51. The number of aromatic nitrogens is 3. The lowest BCUT2D eigenvalue weighted by molar-refractivity contribution is 0.612. The van der Waals surface area contributed by atoms with Crippen molar-refractivity contribution in [2.45, 2.75) is 0 Å². The van der Waals surface area contributed by atoms with Gasteiger partial charge < -0.3 is 4.42 Å². The van der Waals surface area contributed by atoms with Crippen molar-refractivity contribution in [3.63, 3.8) is 0 Å². The molecule has 2 aliphatic rings. The molecule has 0 bridgehead atoms. The predicted molar refractivity (Wildman–Crippen MR) is 75.0 cm³/mol. The summed E-state index contributed by atoms with van der Waals surface area (Å²) in [4.78, 5) is 25.0. The first-order valence-electron chi connectivity index (χ1n) is 5.87. The van der Waals surface area contributed by atoms with Gasteiger partial charge in [0.15, 0.2) is 17.0 Å². The molecular formula is C14H6ClN3O2. The third-order valence-corrected chi connectivity index (χ3v) is 3.41. The van der Waals surface area contributed by atoms with E-state index < -0.39 is 0 Å². The third kappa shape index (κ3) is 1.44. The lowest BCUT2D eigenvalue weighted by Crippen LogP contribution is -2.08. The van der Waals surface area contributed by atoms with Crippen molar-refractivity contribution >= 4 is 33.7 Å². The van der Waals surface area contributed by atoms with Gasteiger partial charge in [-0.05, 0) is 24.3 Å². The molecule has 5 nitrogen and oxygen atoms in total. The normalized spacial score (nSPS) is 11.4. The molecule has 6 heteroatoms. The van der Waals surface area contributed by atoms with Crippen LogP contribution in [0.4, 0.5) is 0 Å². The Hall–Kier alpha value is -2.53. The van der Waals surface area contributed by atoms with Crippen LogP contribution in [0.3, 0.4) is 0 Å². The van der Waals surface area contributed by atoms with Crippen molar-refractivity contribution in [2.75, 3.05) is 0 Å². The molecule has 0 N–H and O–H groups in total. The van der Waals surface area contributed by atoms with E-state index in [-0.39, 0.29) is 16.2 Å². The SMILES string of the molecule is O=c1c(Cl)c2oc3cccnc3nc-2c2ncccc12. The minimum absolute atomic E-state index is 0.0127. The summed E-state index contributed by atoms with van der Waals surface area (Å²) in [6.45, 7) is 0. The minimum atomic E-state index is -0.309. The van der Waals surface area contributed by atoms with E-state index in [9.17, 15) is 4.79 Å². The molecular weight excluding hydrogens is 278 g/mol. The maximum atomic E-state index is 12.2. The van der Waals surface area contributed by atoms with Gasteiger partial charge in [-0.1, -0.05) is 11.6 Å². The number of fused-ring (bicyclic) bond motifs is 4. The molecule has 0 saturated carbocycles. The summed E-state index contributed by atoms with van der Waals surface area (Å²) in [5.74, 6) is 0.239. The van der Waals surface area contributed by atoms with Gasteiger partial charge in [-0.3, -0.25) is 9.78 Å². The van der Waals surface area contributed by atoms with Gasteiger partial charge >= 0.3 is 0 Å². The fourth-order valence-corrected chi connectivity index (χ4v) is 2.40. The zero-order valence-corrected chi connectivity index (χ0v) is 10.8. The van der Waals surface area contributed by atoms with Crippen LogP contribution in [0.5, 0.6) is 0 Å². The van der Waals surface area contributed by atoms with E-state index in [4.69, 9.17) is 16.0 Å². The number of hydrogen-bond donors (Lipinski definition) is 0. The third-order valence-electron chi connectivity index (χ3n) is 3.07. The molecule has 0 radical (unpaired) electrons. The highest BCUT2D eigenvalue weighted by Gasteiger charge is 2.21. The van der Waals surface area contributed by atoms with Crippen LogP contribution in [0.1, 0.15) is 0 Å². The monoisotopic (exact) mass is 283 g/mol. The quantitative estimate of drug-likeness (QED) is 0.367. The molecule has 2 aromatic heterocycles. The molecule has 1 aliphatic carbocycles. The molecule has 2 aromatic rings. The van der Waals surface area contributed by atoms with E-state index in [0.29, 0.717) is 27.8 Å². The van der Waals surface area contributed by atoms with E-state index in [0.717, 1.165) is 0 Å². The molecule has 20 heavy (non-hydrogen) atoms. The Morgan fingerprint density at radius 1 is 1.10 bits per heavy atom. The standard InChI is InChI=1S/C14H6ClN3O2/c15-9-12(19)7-3-1-5-16-10(7)11-13(9)20-8-4-2-6-17-14(8)18-11/h1-6H. The number of nitrogens with zero attached hydrogens (tertiary/aromatic N) is 3. The van der Waals surface area contributed by atoms with Gasteiger partial charge in [0.05, 0.1) is 5.39 Å². The van der Waals surface area contributed by atoms with Gasteiger partial charge in [-0.25, -0.2) is 9.97 Å². The second-order valence-electron chi connectivity index (χ2n) is 4.26. The Morgan fingerprint density at radius 2 is 1.90 bits per heavy atom. The smallest absolute Gasteiger partial charge is 0.210 e. The lowest BCUT2D eigenvalue weighted by atomic mass is 10.1. The van der Waals surface area contributed by atoms with Crippen LogP contribution in [0.25, 0.3) is 33.6 Å². The van der Waals surface area contributed by atoms with Gasteiger partial charge in [0, 0.05) is 12.4 Å². The van der Waals surface area contributed by atoms with Crippen molar-refractivity contribution in [3.05, 3.63) is 51.9 Å². The first-order chi connectivity index (χ1) is 9.75. The van der Waals surface area contributed by atoms with Crippen LogP contribution < -0.4 is 5.43 Å². The average Bonchev–Trinajstić information content (AvgIpc) is 2.51. The first-order valence-corrected chi connectivity index (χ1v) is 6.25. The van der Waals surface area contributed by atoms with Crippen LogP contribution in [0.2, 0.25) is 5.02 Å². The molecule has 0 atom stereocenters. The Balaban J connectivity index is 2.34. The summed E-state index contributed by atoms with van der Waals surface area (Å²) < 4.78 is 5.67. The Labute approximate surface area is 117 Å². The Kier molecular flexibility index (Phi) is 2.25. The fraction of sp³-hybridized carbons (Fsp3) is 0. The van der Waals surface area contributed by atoms with Crippen molar-refractivity contribution < 1.29 is 4.42 Å². The lowest BCUT2D eigenvalue weighted by Gasteiger charge is -2.09. The largest absolute Gasteiger partial charge is 0.449 e. The molecule has 1 aliphatic heterocycles. The van der Waals surface area contributed by atoms with Crippen LogP contribution >= 0.6 is 11.6 Å². The maximum Gasteiger partial charge on any atom is 0.210 e. The van der Waals surface area contributed by atoms with Gasteiger partial charge in [-0.2, -0.15) is 0 Å². The summed E-state index contributed by atoms with van der Waals surface area (Å²) in [5, 5.41) is 0.432. The van der Waals surface area contributed by atoms with E-state index in [1.165, 1.54) is 0 Å². The zero-order chi connectivity index (χ0) is 13.7. The van der Waals surface area contributed by atoms with Crippen molar-refractivity contribution in [3.8, 4) is 11.5 Å². The Bertz CT molecular complexity index is 996. The topological polar surface area (TPSA) is 68.9 Å². The predicted octanol–water partition coefficient (Wildman–Crippen LogP) is 2.89. The Morgan fingerprint density at radius 3 is 2.80 bits per heavy atom. The van der Waals surface area contributed by atoms with Gasteiger partial charge in [-0.15, -0.1) is 0 Å². The van der Waals surface area contributed by atoms with Crippen LogP contribution in [0.15, 0.2) is 45.9 Å². The van der Waals surface area contributed by atoms with Crippen LogP contribution in [-0.2, 0) is 0 Å². The highest BCUT2D eigenvalue weighted by molar-refractivity contribution is 6.34. The van der Waals surface area contributed by atoms with E-state index in [1.54, 1.807) is 36.7 Å². The number of hydrogen-bond acceptors (Lipinski definition) is 5. The van der Waals surface area contributed by atoms with Crippen LogP contribution in [0, 0.1) is 0 Å². The number of pyridine rings is 2. The van der Waals surface area contributed by atoms with Crippen molar-refractivity contribution in [1.82, 2.24) is 15.0 Å². The summed E-state index contributed by atoms with van der Waals surface area (Å²) in [6, 6.07) is 6.80. The molecule has 0 aromatic carbocycles. The van der Waals surface area contributed by atoms with Crippen molar-refractivity contribution in [1.29, 1.82) is 0 Å². The summed E-state index contributed by atoms with van der Waals surface area (Å²) in [7, 11) is 0.